The van der Waals surface area contributed by atoms with Crippen LogP contribution in [0.25, 0.3) is 0 Å². The Balaban J connectivity index is 2.83. The van der Waals surface area contributed by atoms with E-state index in [2.05, 4.69) is 59.5 Å². The molecule has 0 amide bonds. The van der Waals surface area contributed by atoms with Gasteiger partial charge in [-0.15, -0.1) is 0 Å². The maximum atomic E-state index is 3.94. The maximum Gasteiger partial charge on any atom is 0.0383 e. The molecule has 0 aromatic heterocycles. The van der Waals surface area contributed by atoms with Crippen LogP contribution in [-0.2, 0) is 0 Å². The first-order valence-corrected chi connectivity index (χ1v) is 5.57. The number of benzene rings is 1. The largest absolute Gasteiger partial charge is 0.368 e. The van der Waals surface area contributed by atoms with Crippen LogP contribution in [0.5, 0.6) is 0 Å². The Morgan fingerprint density at radius 1 is 1.50 bits per heavy atom. The van der Waals surface area contributed by atoms with Gasteiger partial charge in [0.05, 0.1) is 0 Å². The third-order valence-corrected chi connectivity index (χ3v) is 2.51. The zero-order chi connectivity index (χ0) is 10.6. The molecule has 0 saturated heterocycles. The van der Waals surface area contributed by atoms with Gasteiger partial charge in [-0.05, 0) is 32.0 Å². The molecule has 0 spiro atoms. The molecule has 1 aromatic carbocycles. The summed E-state index contributed by atoms with van der Waals surface area (Å²) in [4.78, 5) is 2.30. The number of rotatable bonds is 4. The van der Waals surface area contributed by atoms with Crippen molar-refractivity contribution < 1.29 is 0 Å². The van der Waals surface area contributed by atoms with Gasteiger partial charge in [0, 0.05) is 23.2 Å². The Bertz CT molecular complexity index is 320. The van der Waals surface area contributed by atoms with Crippen molar-refractivity contribution in [1.82, 2.24) is 0 Å². The number of halogens is 1. The molecule has 1 nitrogen and oxygen atoms in total. The Hall–Kier alpha value is -0.760. The molecule has 1 aromatic rings. The lowest BCUT2D eigenvalue weighted by atomic mass is 10.2. The van der Waals surface area contributed by atoms with Gasteiger partial charge in [-0.2, -0.15) is 0 Å². The zero-order valence-corrected chi connectivity index (χ0v) is 10.3. The fourth-order valence-corrected chi connectivity index (χ4v) is 1.77. The first-order chi connectivity index (χ1) is 6.63. The van der Waals surface area contributed by atoms with Crippen LogP contribution in [0.1, 0.15) is 13.8 Å². The summed E-state index contributed by atoms with van der Waals surface area (Å²) in [5.74, 6) is 0. The molecule has 0 aliphatic heterocycles. The van der Waals surface area contributed by atoms with Crippen LogP contribution in [0, 0.1) is 0 Å². The van der Waals surface area contributed by atoms with Gasteiger partial charge in [-0.1, -0.05) is 34.1 Å². The van der Waals surface area contributed by atoms with Gasteiger partial charge in [-0.3, -0.25) is 0 Å². The summed E-state index contributed by atoms with van der Waals surface area (Å²) in [5.41, 5.74) is 2.43. The zero-order valence-electron chi connectivity index (χ0n) is 8.76. The SMILES string of the molecule is C=C(C)CN(CC)c1cccc(Br)c1. The van der Waals surface area contributed by atoms with Crippen molar-refractivity contribution in [1.29, 1.82) is 0 Å². The fraction of sp³-hybridized carbons (Fsp3) is 0.333. The molecule has 0 aliphatic carbocycles. The molecule has 1 rings (SSSR count). The van der Waals surface area contributed by atoms with E-state index in [4.69, 9.17) is 0 Å². The van der Waals surface area contributed by atoms with E-state index in [1.807, 2.05) is 6.07 Å². The summed E-state index contributed by atoms with van der Waals surface area (Å²) in [6.45, 7) is 10.1. The monoisotopic (exact) mass is 253 g/mol. The molecular formula is C12H16BrN. The van der Waals surface area contributed by atoms with Gasteiger partial charge < -0.3 is 4.90 Å². The number of anilines is 1. The van der Waals surface area contributed by atoms with Gasteiger partial charge in [0.2, 0.25) is 0 Å². The molecule has 76 valence electrons. The molecular weight excluding hydrogens is 238 g/mol. The Morgan fingerprint density at radius 2 is 2.21 bits per heavy atom. The predicted octanol–water partition coefficient (Wildman–Crippen LogP) is 3.85. The predicted molar refractivity (Wildman–Crippen MR) is 66.8 cm³/mol. The highest BCUT2D eigenvalue weighted by atomic mass is 79.9. The van der Waals surface area contributed by atoms with Crippen LogP contribution < -0.4 is 4.90 Å². The van der Waals surface area contributed by atoms with E-state index in [-0.39, 0.29) is 0 Å². The van der Waals surface area contributed by atoms with E-state index < -0.39 is 0 Å². The number of hydrogen-bond acceptors (Lipinski definition) is 1. The second-order valence-corrected chi connectivity index (χ2v) is 4.37. The average Bonchev–Trinajstić information content (AvgIpc) is 2.14. The van der Waals surface area contributed by atoms with Gasteiger partial charge in [0.15, 0.2) is 0 Å². The smallest absolute Gasteiger partial charge is 0.0383 e. The summed E-state index contributed by atoms with van der Waals surface area (Å²) < 4.78 is 1.12. The molecule has 0 heterocycles. The third-order valence-electron chi connectivity index (χ3n) is 2.02. The van der Waals surface area contributed by atoms with Gasteiger partial charge in [0.1, 0.15) is 0 Å². The van der Waals surface area contributed by atoms with Gasteiger partial charge >= 0.3 is 0 Å². The van der Waals surface area contributed by atoms with E-state index in [9.17, 15) is 0 Å². The maximum absolute atomic E-state index is 3.94. The summed E-state index contributed by atoms with van der Waals surface area (Å²) >= 11 is 3.48. The minimum atomic E-state index is 0.924. The van der Waals surface area contributed by atoms with Gasteiger partial charge in [-0.25, -0.2) is 0 Å². The molecule has 2 heteroatoms. The Labute approximate surface area is 94.6 Å². The normalized spacial score (nSPS) is 9.93. The number of nitrogens with zero attached hydrogens (tertiary/aromatic N) is 1. The average molecular weight is 254 g/mol. The molecule has 0 bridgehead atoms. The topological polar surface area (TPSA) is 3.24 Å². The van der Waals surface area contributed by atoms with Crippen LogP contribution in [-0.4, -0.2) is 13.1 Å². The summed E-state index contributed by atoms with van der Waals surface area (Å²) in [6.07, 6.45) is 0. The molecule has 0 unspecified atom stereocenters. The lowest BCUT2D eigenvalue weighted by molar-refractivity contribution is 0.880. The van der Waals surface area contributed by atoms with Crippen LogP contribution in [0.3, 0.4) is 0 Å². The summed E-state index contributed by atoms with van der Waals surface area (Å²) in [7, 11) is 0. The second kappa shape index (κ2) is 5.20. The molecule has 0 N–H and O–H groups in total. The minimum absolute atomic E-state index is 0.924. The standard InChI is InChI=1S/C12H16BrN/c1-4-14(9-10(2)3)12-7-5-6-11(13)8-12/h5-8H,2,4,9H2,1,3H3. The third kappa shape index (κ3) is 3.18. The molecule has 0 aliphatic rings. The van der Waals surface area contributed by atoms with Crippen molar-refractivity contribution >= 4 is 21.6 Å². The van der Waals surface area contributed by atoms with E-state index in [0.717, 1.165) is 17.6 Å². The van der Waals surface area contributed by atoms with Crippen molar-refractivity contribution in [3.05, 3.63) is 40.9 Å². The van der Waals surface area contributed by atoms with E-state index >= 15 is 0 Å². The van der Waals surface area contributed by atoms with Crippen LogP contribution in [0.2, 0.25) is 0 Å². The van der Waals surface area contributed by atoms with Crippen LogP contribution >= 0.6 is 15.9 Å². The number of hydrogen-bond donors (Lipinski definition) is 0. The van der Waals surface area contributed by atoms with Crippen molar-refractivity contribution in [2.75, 3.05) is 18.0 Å². The van der Waals surface area contributed by atoms with Crippen LogP contribution in [0.15, 0.2) is 40.9 Å². The quantitative estimate of drug-likeness (QED) is 0.737. The molecule has 0 fully saturated rings. The van der Waals surface area contributed by atoms with E-state index in [1.54, 1.807) is 0 Å². The lowest BCUT2D eigenvalue weighted by Crippen LogP contribution is -2.24. The first-order valence-electron chi connectivity index (χ1n) is 4.78. The minimum Gasteiger partial charge on any atom is -0.368 e. The molecule has 0 atom stereocenters. The lowest BCUT2D eigenvalue weighted by Gasteiger charge is -2.23. The van der Waals surface area contributed by atoms with Gasteiger partial charge in [0.25, 0.3) is 0 Å². The number of likely N-dealkylation sites (N-methyl/N-ethyl adjacent to an activating group) is 1. The highest BCUT2D eigenvalue weighted by molar-refractivity contribution is 9.10. The fourth-order valence-electron chi connectivity index (χ4n) is 1.38. The van der Waals surface area contributed by atoms with E-state index in [1.165, 1.54) is 11.3 Å². The highest BCUT2D eigenvalue weighted by Crippen LogP contribution is 2.20. The molecule has 14 heavy (non-hydrogen) atoms. The van der Waals surface area contributed by atoms with Crippen LogP contribution in [0.4, 0.5) is 5.69 Å². The van der Waals surface area contributed by atoms with Crippen molar-refractivity contribution in [3.63, 3.8) is 0 Å². The summed E-state index contributed by atoms with van der Waals surface area (Å²) in [5, 5.41) is 0. The van der Waals surface area contributed by atoms with Crippen molar-refractivity contribution in [2.24, 2.45) is 0 Å². The molecule has 0 saturated carbocycles. The Morgan fingerprint density at radius 3 is 2.71 bits per heavy atom. The highest BCUT2D eigenvalue weighted by Gasteiger charge is 2.03. The molecule has 0 radical (unpaired) electrons. The Kier molecular flexibility index (Phi) is 4.21. The van der Waals surface area contributed by atoms with Crippen molar-refractivity contribution in [2.45, 2.75) is 13.8 Å². The van der Waals surface area contributed by atoms with E-state index in [0.29, 0.717) is 0 Å². The first kappa shape index (κ1) is 11.3. The second-order valence-electron chi connectivity index (χ2n) is 3.45. The van der Waals surface area contributed by atoms with Crippen molar-refractivity contribution in [3.8, 4) is 0 Å². The summed E-state index contributed by atoms with van der Waals surface area (Å²) in [6, 6.07) is 8.35.